The number of hydrogen-bond acceptors (Lipinski definition) is 3. The van der Waals surface area contributed by atoms with Crippen LogP contribution in [0.25, 0.3) is 11.3 Å². The van der Waals surface area contributed by atoms with Crippen molar-refractivity contribution in [2.24, 2.45) is 4.99 Å². The van der Waals surface area contributed by atoms with Crippen LogP contribution in [0.4, 0.5) is 5.69 Å². The van der Waals surface area contributed by atoms with Crippen LogP contribution in [-0.2, 0) is 0 Å². The highest BCUT2D eigenvalue weighted by Crippen LogP contribution is 2.27. The molecule has 2 nitrogen and oxygen atoms in total. The van der Waals surface area contributed by atoms with Gasteiger partial charge in [0.05, 0.1) is 23.3 Å². The summed E-state index contributed by atoms with van der Waals surface area (Å²) >= 11 is 7.62. The van der Waals surface area contributed by atoms with Crippen LogP contribution in [-0.4, -0.2) is 17.5 Å². The number of halogens is 1. The standard InChI is InChI=1S/C19H15ClN2S/c1-23-19-8-3-2-6-18(19)21-13-16-5-4-7-17(22-16)14-9-11-15(20)12-10-14/h2-13H,1H3. The highest BCUT2D eigenvalue weighted by molar-refractivity contribution is 7.98. The van der Waals surface area contributed by atoms with Gasteiger partial charge < -0.3 is 0 Å². The SMILES string of the molecule is CSc1ccccc1N=Cc1cccc(-c2ccc(Cl)cc2)n1. The summed E-state index contributed by atoms with van der Waals surface area (Å²) in [6.07, 6.45) is 3.85. The van der Waals surface area contributed by atoms with E-state index >= 15 is 0 Å². The minimum absolute atomic E-state index is 0.722. The van der Waals surface area contributed by atoms with Crippen LogP contribution in [0.1, 0.15) is 5.69 Å². The third kappa shape index (κ3) is 4.01. The summed E-state index contributed by atoms with van der Waals surface area (Å²) in [6.45, 7) is 0. The maximum Gasteiger partial charge on any atom is 0.0820 e. The van der Waals surface area contributed by atoms with Crippen LogP contribution >= 0.6 is 23.4 Å². The number of thioether (sulfide) groups is 1. The lowest BCUT2D eigenvalue weighted by Gasteiger charge is -2.03. The van der Waals surface area contributed by atoms with Gasteiger partial charge in [-0.3, -0.25) is 4.99 Å². The van der Waals surface area contributed by atoms with Crippen molar-refractivity contribution in [3.8, 4) is 11.3 Å². The number of aliphatic imine (C=N–C) groups is 1. The normalized spacial score (nSPS) is 11.0. The summed E-state index contributed by atoms with van der Waals surface area (Å²) < 4.78 is 0. The Morgan fingerprint density at radius 2 is 1.74 bits per heavy atom. The predicted octanol–water partition coefficient (Wildman–Crippen LogP) is 5.87. The summed E-state index contributed by atoms with van der Waals surface area (Å²) in [5.74, 6) is 0. The fourth-order valence-electron chi connectivity index (χ4n) is 2.18. The average Bonchev–Trinajstić information content (AvgIpc) is 2.61. The summed E-state index contributed by atoms with van der Waals surface area (Å²) in [6, 6.07) is 21.7. The van der Waals surface area contributed by atoms with Crippen LogP contribution < -0.4 is 0 Å². The second kappa shape index (κ2) is 7.44. The molecule has 4 heteroatoms. The van der Waals surface area contributed by atoms with Crippen molar-refractivity contribution in [1.29, 1.82) is 0 Å². The fraction of sp³-hybridized carbons (Fsp3) is 0.0526. The molecule has 2 aromatic carbocycles. The third-order valence-electron chi connectivity index (χ3n) is 3.33. The molecule has 0 N–H and O–H groups in total. The van der Waals surface area contributed by atoms with Gasteiger partial charge in [-0.05, 0) is 42.7 Å². The van der Waals surface area contributed by atoms with E-state index in [0.717, 1.165) is 32.6 Å². The van der Waals surface area contributed by atoms with E-state index in [2.05, 4.69) is 16.0 Å². The van der Waals surface area contributed by atoms with E-state index in [1.807, 2.05) is 66.9 Å². The Hall–Kier alpha value is -2.10. The van der Waals surface area contributed by atoms with E-state index in [1.165, 1.54) is 0 Å². The first-order valence-corrected chi connectivity index (χ1v) is 8.76. The molecule has 0 spiro atoms. The monoisotopic (exact) mass is 338 g/mol. The Balaban J connectivity index is 1.88. The highest BCUT2D eigenvalue weighted by atomic mass is 35.5. The molecule has 1 aromatic heterocycles. The van der Waals surface area contributed by atoms with Crippen molar-refractivity contribution in [2.45, 2.75) is 4.90 Å². The number of pyridine rings is 1. The number of aromatic nitrogens is 1. The van der Waals surface area contributed by atoms with Gasteiger partial charge in [0, 0.05) is 15.5 Å². The van der Waals surface area contributed by atoms with Gasteiger partial charge in [0.1, 0.15) is 0 Å². The van der Waals surface area contributed by atoms with Crippen molar-refractivity contribution < 1.29 is 0 Å². The van der Waals surface area contributed by atoms with E-state index in [9.17, 15) is 0 Å². The maximum atomic E-state index is 5.93. The lowest BCUT2D eigenvalue weighted by Crippen LogP contribution is -1.90. The number of nitrogens with zero attached hydrogens (tertiary/aromatic N) is 2. The number of benzene rings is 2. The lowest BCUT2D eigenvalue weighted by molar-refractivity contribution is 1.29. The molecule has 0 aliphatic heterocycles. The van der Waals surface area contributed by atoms with Gasteiger partial charge in [-0.25, -0.2) is 4.98 Å². The average molecular weight is 339 g/mol. The topological polar surface area (TPSA) is 25.2 Å². The van der Waals surface area contributed by atoms with Crippen molar-refractivity contribution >= 4 is 35.3 Å². The van der Waals surface area contributed by atoms with Crippen LogP contribution in [0.2, 0.25) is 5.02 Å². The smallest absolute Gasteiger partial charge is 0.0820 e. The maximum absolute atomic E-state index is 5.93. The number of hydrogen-bond donors (Lipinski definition) is 0. The molecule has 0 radical (unpaired) electrons. The van der Waals surface area contributed by atoms with E-state index in [4.69, 9.17) is 11.6 Å². The molecule has 0 bridgehead atoms. The Morgan fingerprint density at radius 1 is 0.957 bits per heavy atom. The molecule has 0 unspecified atom stereocenters. The van der Waals surface area contributed by atoms with E-state index in [1.54, 1.807) is 18.0 Å². The molecule has 0 saturated carbocycles. The molecule has 114 valence electrons. The largest absolute Gasteiger partial charge is 0.253 e. The molecule has 3 rings (SSSR count). The van der Waals surface area contributed by atoms with Crippen LogP contribution in [0.5, 0.6) is 0 Å². The molecule has 0 aliphatic rings. The summed E-state index contributed by atoms with van der Waals surface area (Å²) in [4.78, 5) is 10.4. The molecule has 3 aromatic rings. The van der Waals surface area contributed by atoms with Crippen LogP contribution in [0.15, 0.2) is 76.6 Å². The van der Waals surface area contributed by atoms with Crippen LogP contribution in [0, 0.1) is 0 Å². The Bertz CT molecular complexity index is 829. The Morgan fingerprint density at radius 3 is 2.52 bits per heavy atom. The van der Waals surface area contributed by atoms with E-state index in [0.29, 0.717) is 0 Å². The minimum Gasteiger partial charge on any atom is -0.253 e. The molecular formula is C19H15ClN2S. The van der Waals surface area contributed by atoms with Gasteiger partial charge in [-0.2, -0.15) is 0 Å². The first kappa shape index (κ1) is 15.8. The van der Waals surface area contributed by atoms with E-state index < -0.39 is 0 Å². The summed E-state index contributed by atoms with van der Waals surface area (Å²) in [5, 5.41) is 0.722. The third-order valence-corrected chi connectivity index (χ3v) is 4.37. The summed E-state index contributed by atoms with van der Waals surface area (Å²) in [5.41, 5.74) is 3.73. The zero-order valence-corrected chi connectivity index (χ0v) is 14.2. The molecule has 0 saturated heterocycles. The minimum atomic E-state index is 0.722. The molecule has 1 heterocycles. The molecule has 23 heavy (non-hydrogen) atoms. The second-order valence-electron chi connectivity index (χ2n) is 4.88. The predicted molar refractivity (Wildman–Crippen MR) is 100 cm³/mol. The highest BCUT2D eigenvalue weighted by Gasteiger charge is 2.01. The van der Waals surface area contributed by atoms with Gasteiger partial charge in [0.15, 0.2) is 0 Å². The quantitative estimate of drug-likeness (QED) is 0.438. The van der Waals surface area contributed by atoms with Gasteiger partial charge >= 0.3 is 0 Å². The zero-order chi connectivity index (χ0) is 16.1. The number of rotatable bonds is 4. The Labute approximate surface area is 145 Å². The molecular weight excluding hydrogens is 324 g/mol. The van der Waals surface area contributed by atoms with Gasteiger partial charge in [0.25, 0.3) is 0 Å². The molecule has 0 fully saturated rings. The van der Waals surface area contributed by atoms with Crippen molar-refractivity contribution in [1.82, 2.24) is 4.98 Å². The van der Waals surface area contributed by atoms with Crippen LogP contribution in [0.3, 0.4) is 0 Å². The van der Waals surface area contributed by atoms with Gasteiger partial charge in [-0.1, -0.05) is 41.9 Å². The first-order chi connectivity index (χ1) is 11.3. The van der Waals surface area contributed by atoms with Gasteiger partial charge in [0.2, 0.25) is 0 Å². The molecule has 0 atom stereocenters. The molecule has 0 aliphatic carbocycles. The second-order valence-corrected chi connectivity index (χ2v) is 6.17. The lowest BCUT2D eigenvalue weighted by atomic mass is 10.1. The van der Waals surface area contributed by atoms with Crippen molar-refractivity contribution in [3.05, 3.63) is 77.4 Å². The number of para-hydroxylation sites is 1. The first-order valence-electron chi connectivity index (χ1n) is 7.16. The molecule has 0 amide bonds. The Kier molecular flexibility index (Phi) is 5.11. The zero-order valence-electron chi connectivity index (χ0n) is 12.6. The van der Waals surface area contributed by atoms with E-state index in [-0.39, 0.29) is 0 Å². The van der Waals surface area contributed by atoms with Crippen molar-refractivity contribution in [2.75, 3.05) is 6.26 Å². The van der Waals surface area contributed by atoms with Gasteiger partial charge in [-0.15, -0.1) is 11.8 Å². The summed E-state index contributed by atoms with van der Waals surface area (Å²) in [7, 11) is 0. The van der Waals surface area contributed by atoms with Crippen molar-refractivity contribution in [3.63, 3.8) is 0 Å². The fourth-order valence-corrected chi connectivity index (χ4v) is 2.85.